The molecule has 0 fully saturated rings. The quantitative estimate of drug-likeness (QED) is 0.616. The molecule has 0 amide bonds. The van der Waals surface area contributed by atoms with E-state index < -0.39 is 11.2 Å². The summed E-state index contributed by atoms with van der Waals surface area (Å²) in [6, 6.07) is 12.4. The Labute approximate surface area is 171 Å². The number of hydrogen-bond donors (Lipinski definition) is 1. The molecule has 150 valence electrons. The van der Waals surface area contributed by atoms with Crippen LogP contribution in [0.3, 0.4) is 0 Å². The second-order valence-corrected chi connectivity index (χ2v) is 9.38. The van der Waals surface area contributed by atoms with Gasteiger partial charge in [0.25, 0.3) is 0 Å². The van der Waals surface area contributed by atoms with Gasteiger partial charge in [0.15, 0.2) is 0 Å². The molecule has 3 rings (SSSR count). The molecule has 3 aromatic rings. The minimum Gasteiger partial charge on any atom is -0.390 e. The number of fused-ring (bicyclic) bond motifs is 1. The normalized spacial score (nSPS) is 12.5. The number of hydrogen-bond acceptors (Lipinski definition) is 6. The van der Waals surface area contributed by atoms with Crippen molar-refractivity contribution in [2.75, 3.05) is 25.6 Å². The fraction of sp³-hybridized carbons (Fsp3) is 0.455. The molecule has 0 bridgehead atoms. The van der Waals surface area contributed by atoms with Crippen molar-refractivity contribution in [1.29, 1.82) is 0 Å². The van der Waals surface area contributed by atoms with E-state index in [-0.39, 0.29) is 0 Å². The van der Waals surface area contributed by atoms with E-state index in [0.717, 1.165) is 32.3 Å². The number of aromatic nitrogens is 2. The standard InChI is InChI=1S/C22H29N3O2S/c1-21(2,26)13-14-27-22(3,4)18-12-11-17-20(24-18)28-19(23-17)15-7-9-16(10-8-15)25(5)6/h7-12,26H,13-14H2,1-6H3. The van der Waals surface area contributed by atoms with Gasteiger partial charge in [-0.05, 0) is 70.5 Å². The molecule has 0 aliphatic rings. The molecule has 0 saturated carbocycles. The number of benzene rings is 1. The maximum atomic E-state index is 9.88. The van der Waals surface area contributed by atoms with E-state index in [1.165, 1.54) is 0 Å². The van der Waals surface area contributed by atoms with Crippen LogP contribution < -0.4 is 4.90 Å². The number of pyridine rings is 1. The summed E-state index contributed by atoms with van der Waals surface area (Å²) in [4.78, 5) is 12.5. The van der Waals surface area contributed by atoms with Gasteiger partial charge in [0.2, 0.25) is 0 Å². The number of rotatable bonds is 7. The van der Waals surface area contributed by atoms with Crippen LogP contribution in [0, 0.1) is 0 Å². The molecule has 2 heterocycles. The zero-order valence-electron chi connectivity index (χ0n) is 17.5. The van der Waals surface area contributed by atoms with Gasteiger partial charge < -0.3 is 14.7 Å². The van der Waals surface area contributed by atoms with Gasteiger partial charge in [-0.25, -0.2) is 9.97 Å². The molecule has 5 nitrogen and oxygen atoms in total. The van der Waals surface area contributed by atoms with Crippen LogP contribution in [-0.4, -0.2) is 41.4 Å². The number of thiazole rings is 1. The van der Waals surface area contributed by atoms with Crippen molar-refractivity contribution >= 4 is 27.4 Å². The summed E-state index contributed by atoms with van der Waals surface area (Å²) >= 11 is 1.59. The minimum absolute atomic E-state index is 0.475. The third-order valence-electron chi connectivity index (χ3n) is 4.68. The van der Waals surface area contributed by atoms with Crippen molar-refractivity contribution in [2.24, 2.45) is 0 Å². The van der Waals surface area contributed by atoms with E-state index in [1.54, 1.807) is 25.2 Å². The number of aliphatic hydroxyl groups is 1. The van der Waals surface area contributed by atoms with Crippen LogP contribution in [0.1, 0.15) is 39.8 Å². The second-order valence-electron chi connectivity index (χ2n) is 8.40. The molecule has 0 aliphatic heterocycles. The molecular formula is C22H29N3O2S. The lowest BCUT2D eigenvalue weighted by Gasteiger charge is -2.26. The molecule has 2 aromatic heterocycles. The summed E-state index contributed by atoms with van der Waals surface area (Å²) in [7, 11) is 4.06. The lowest BCUT2D eigenvalue weighted by Crippen LogP contribution is -2.27. The predicted octanol–water partition coefficient (Wildman–Crippen LogP) is 4.84. The van der Waals surface area contributed by atoms with Gasteiger partial charge in [0, 0.05) is 25.3 Å². The summed E-state index contributed by atoms with van der Waals surface area (Å²) in [5.74, 6) is 0. The number of nitrogens with zero attached hydrogens (tertiary/aromatic N) is 3. The highest BCUT2D eigenvalue weighted by Crippen LogP contribution is 2.32. The Morgan fingerprint density at radius 2 is 1.68 bits per heavy atom. The highest BCUT2D eigenvalue weighted by molar-refractivity contribution is 7.21. The Bertz CT molecular complexity index is 941. The molecular weight excluding hydrogens is 370 g/mol. The van der Waals surface area contributed by atoms with Gasteiger partial charge in [-0.15, -0.1) is 0 Å². The van der Waals surface area contributed by atoms with Gasteiger partial charge in [0.1, 0.15) is 21.0 Å². The monoisotopic (exact) mass is 399 g/mol. The van der Waals surface area contributed by atoms with Crippen LogP contribution in [0.5, 0.6) is 0 Å². The van der Waals surface area contributed by atoms with Crippen molar-refractivity contribution in [3.05, 3.63) is 42.1 Å². The predicted molar refractivity (Wildman–Crippen MR) is 117 cm³/mol. The summed E-state index contributed by atoms with van der Waals surface area (Å²) in [6.07, 6.45) is 0.576. The summed E-state index contributed by atoms with van der Waals surface area (Å²) < 4.78 is 6.02. The molecule has 28 heavy (non-hydrogen) atoms. The topological polar surface area (TPSA) is 58.5 Å². The molecule has 1 N–H and O–H groups in total. The third kappa shape index (κ3) is 4.87. The number of ether oxygens (including phenoxy) is 1. The fourth-order valence-corrected chi connectivity index (χ4v) is 3.75. The van der Waals surface area contributed by atoms with Crippen molar-refractivity contribution in [1.82, 2.24) is 9.97 Å². The summed E-state index contributed by atoms with van der Waals surface area (Å²) in [5, 5.41) is 10.8. The Kier molecular flexibility index (Phi) is 5.75. The highest BCUT2D eigenvalue weighted by atomic mass is 32.1. The van der Waals surface area contributed by atoms with E-state index in [4.69, 9.17) is 14.7 Å². The molecule has 0 unspecified atom stereocenters. The van der Waals surface area contributed by atoms with E-state index in [1.807, 2.05) is 40.1 Å². The molecule has 0 aliphatic carbocycles. The van der Waals surface area contributed by atoms with Crippen molar-refractivity contribution < 1.29 is 9.84 Å². The maximum Gasteiger partial charge on any atom is 0.144 e. The molecule has 1 aromatic carbocycles. The van der Waals surface area contributed by atoms with E-state index >= 15 is 0 Å². The first-order valence-electron chi connectivity index (χ1n) is 9.47. The van der Waals surface area contributed by atoms with Crippen LogP contribution >= 0.6 is 11.3 Å². The summed E-state index contributed by atoms with van der Waals surface area (Å²) in [5.41, 5.74) is 2.76. The van der Waals surface area contributed by atoms with Crippen LogP contribution in [-0.2, 0) is 10.3 Å². The molecule has 0 atom stereocenters. The van der Waals surface area contributed by atoms with Crippen LogP contribution in [0.15, 0.2) is 36.4 Å². The first kappa shape index (κ1) is 20.7. The van der Waals surface area contributed by atoms with Crippen molar-refractivity contribution in [3.8, 4) is 10.6 Å². The fourth-order valence-electron chi connectivity index (χ4n) is 2.81. The van der Waals surface area contributed by atoms with Gasteiger partial charge in [-0.1, -0.05) is 11.3 Å². The van der Waals surface area contributed by atoms with E-state index in [2.05, 4.69) is 29.2 Å². The van der Waals surface area contributed by atoms with Crippen LogP contribution in [0.25, 0.3) is 20.9 Å². The largest absolute Gasteiger partial charge is 0.390 e. The highest BCUT2D eigenvalue weighted by Gasteiger charge is 2.25. The number of anilines is 1. The van der Waals surface area contributed by atoms with Crippen molar-refractivity contribution in [2.45, 2.75) is 45.3 Å². The maximum absolute atomic E-state index is 9.88. The Balaban J connectivity index is 1.82. The first-order chi connectivity index (χ1) is 13.0. The zero-order chi connectivity index (χ0) is 20.5. The average molecular weight is 400 g/mol. The SMILES string of the molecule is CN(C)c1ccc(-c2nc3ccc(C(C)(C)OCCC(C)(C)O)nc3s2)cc1. The Morgan fingerprint density at radius 3 is 2.29 bits per heavy atom. The van der Waals surface area contributed by atoms with Gasteiger partial charge in [-0.3, -0.25) is 0 Å². The summed E-state index contributed by atoms with van der Waals surface area (Å²) in [6.45, 7) is 8.07. The Hall–Kier alpha value is -2.02. The lowest BCUT2D eigenvalue weighted by molar-refractivity contribution is -0.0515. The molecule has 0 radical (unpaired) electrons. The van der Waals surface area contributed by atoms with Crippen molar-refractivity contribution in [3.63, 3.8) is 0 Å². The molecule has 6 heteroatoms. The Morgan fingerprint density at radius 1 is 1.00 bits per heavy atom. The van der Waals surface area contributed by atoms with E-state index in [9.17, 15) is 5.11 Å². The second kappa shape index (κ2) is 7.78. The average Bonchev–Trinajstić information content (AvgIpc) is 3.03. The van der Waals surface area contributed by atoms with E-state index in [0.29, 0.717) is 13.0 Å². The van der Waals surface area contributed by atoms with Gasteiger partial charge in [0.05, 0.1) is 17.9 Å². The van der Waals surface area contributed by atoms with Crippen LogP contribution in [0.2, 0.25) is 0 Å². The smallest absolute Gasteiger partial charge is 0.144 e. The molecule has 0 saturated heterocycles. The third-order valence-corrected chi connectivity index (χ3v) is 5.69. The van der Waals surface area contributed by atoms with Crippen LogP contribution in [0.4, 0.5) is 5.69 Å². The van der Waals surface area contributed by atoms with Gasteiger partial charge in [-0.2, -0.15) is 0 Å². The zero-order valence-corrected chi connectivity index (χ0v) is 18.3. The lowest BCUT2D eigenvalue weighted by atomic mass is 10.0. The van der Waals surface area contributed by atoms with Gasteiger partial charge >= 0.3 is 0 Å². The minimum atomic E-state index is -0.734. The first-order valence-corrected chi connectivity index (χ1v) is 10.3. The molecule has 0 spiro atoms.